The maximum atomic E-state index is 13.7. The lowest BCUT2D eigenvalue weighted by Gasteiger charge is -2.10. The molecule has 27 heavy (non-hydrogen) atoms. The van der Waals surface area contributed by atoms with E-state index in [4.69, 9.17) is 4.74 Å². The molecule has 3 rings (SSSR count). The number of ether oxygens (including phenoxy) is 1. The highest BCUT2D eigenvalue weighted by Gasteiger charge is 2.11. The van der Waals surface area contributed by atoms with Gasteiger partial charge in [0, 0.05) is 23.9 Å². The Kier molecular flexibility index (Phi) is 5.61. The fourth-order valence-corrected chi connectivity index (χ4v) is 2.48. The Morgan fingerprint density at radius 2 is 1.85 bits per heavy atom. The van der Waals surface area contributed by atoms with Gasteiger partial charge in [0.25, 0.3) is 5.91 Å². The number of nitrogens with zero attached hydrogens (tertiary/aromatic N) is 2. The number of carbonyl (C=O) groups excluding carboxylic acids is 1. The molecule has 0 atom stereocenters. The normalized spacial score (nSPS) is 10.3. The molecule has 138 valence electrons. The fraction of sp³-hybridized carbons (Fsp3) is 0.150. The summed E-state index contributed by atoms with van der Waals surface area (Å²) in [6, 6.07) is 15.2. The summed E-state index contributed by atoms with van der Waals surface area (Å²) in [5.41, 5.74) is 1.41. The summed E-state index contributed by atoms with van der Waals surface area (Å²) in [6.45, 7) is 1.78. The summed E-state index contributed by atoms with van der Waals surface area (Å²) in [7, 11) is 1.60. The third-order valence-corrected chi connectivity index (χ3v) is 3.83. The van der Waals surface area contributed by atoms with Crippen molar-refractivity contribution in [2.45, 2.75) is 13.5 Å². The highest BCUT2D eigenvalue weighted by Crippen LogP contribution is 2.19. The van der Waals surface area contributed by atoms with Crippen LogP contribution in [0.1, 0.15) is 21.9 Å². The first-order valence-corrected chi connectivity index (χ1v) is 8.33. The maximum Gasteiger partial charge on any atom is 0.270 e. The van der Waals surface area contributed by atoms with Gasteiger partial charge in [0.15, 0.2) is 0 Å². The molecule has 2 N–H and O–H groups in total. The Morgan fingerprint density at radius 3 is 2.56 bits per heavy atom. The van der Waals surface area contributed by atoms with Gasteiger partial charge in [-0.1, -0.05) is 18.2 Å². The van der Waals surface area contributed by atoms with Gasteiger partial charge < -0.3 is 15.4 Å². The molecule has 0 aliphatic heterocycles. The zero-order chi connectivity index (χ0) is 19.2. The van der Waals surface area contributed by atoms with Crippen molar-refractivity contribution >= 4 is 17.4 Å². The Balaban J connectivity index is 1.72. The molecule has 0 bridgehead atoms. The molecule has 1 amide bonds. The lowest BCUT2D eigenvalue weighted by Crippen LogP contribution is -2.25. The van der Waals surface area contributed by atoms with Crippen LogP contribution in [0.4, 0.5) is 15.9 Å². The number of anilines is 2. The lowest BCUT2D eigenvalue weighted by atomic mass is 10.2. The molecule has 7 heteroatoms. The summed E-state index contributed by atoms with van der Waals surface area (Å²) >= 11 is 0. The van der Waals surface area contributed by atoms with Crippen LogP contribution in [0.2, 0.25) is 0 Å². The Labute approximate surface area is 156 Å². The number of methoxy groups -OCH3 is 1. The van der Waals surface area contributed by atoms with Gasteiger partial charge in [-0.3, -0.25) is 4.79 Å². The minimum atomic E-state index is -0.401. The van der Waals surface area contributed by atoms with Crippen LogP contribution in [-0.2, 0) is 6.54 Å². The van der Waals surface area contributed by atoms with Crippen molar-refractivity contribution in [2.24, 2.45) is 0 Å². The first-order chi connectivity index (χ1) is 13.0. The van der Waals surface area contributed by atoms with Crippen LogP contribution in [0.25, 0.3) is 0 Å². The molecule has 3 aromatic rings. The SMILES string of the molecule is COc1ccc(Nc2cc(C(=O)NCc3ccccc3F)nc(C)n2)cc1. The topological polar surface area (TPSA) is 76.1 Å². The average Bonchev–Trinajstić information content (AvgIpc) is 2.67. The fourth-order valence-electron chi connectivity index (χ4n) is 2.48. The van der Waals surface area contributed by atoms with Gasteiger partial charge in [-0.15, -0.1) is 0 Å². The molecule has 1 aromatic heterocycles. The molecule has 0 unspecified atom stereocenters. The Morgan fingerprint density at radius 1 is 1.11 bits per heavy atom. The van der Waals surface area contributed by atoms with Crippen molar-refractivity contribution in [1.29, 1.82) is 0 Å². The van der Waals surface area contributed by atoms with E-state index in [0.717, 1.165) is 11.4 Å². The molecule has 6 nitrogen and oxygen atoms in total. The summed E-state index contributed by atoms with van der Waals surface area (Å²) in [6.07, 6.45) is 0. The number of nitrogens with one attached hydrogen (secondary N) is 2. The first-order valence-electron chi connectivity index (χ1n) is 8.33. The van der Waals surface area contributed by atoms with Crippen LogP contribution in [0.3, 0.4) is 0 Å². The van der Waals surface area contributed by atoms with Crippen molar-refractivity contribution < 1.29 is 13.9 Å². The molecule has 1 heterocycles. The van der Waals surface area contributed by atoms with E-state index in [1.807, 2.05) is 24.3 Å². The largest absolute Gasteiger partial charge is 0.497 e. The number of carbonyl (C=O) groups is 1. The van der Waals surface area contributed by atoms with Gasteiger partial charge >= 0.3 is 0 Å². The van der Waals surface area contributed by atoms with E-state index in [9.17, 15) is 9.18 Å². The van der Waals surface area contributed by atoms with Crippen LogP contribution in [0.5, 0.6) is 5.75 Å². The predicted molar refractivity (Wildman–Crippen MR) is 101 cm³/mol. The molecule has 0 spiro atoms. The minimum Gasteiger partial charge on any atom is -0.497 e. The third kappa shape index (κ3) is 4.78. The molecular formula is C20H19FN4O2. The third-order valence-electron chi connectivity index (χ3n) is 3.83. The maximum absolute atomic E-state index is 13.7. The van der Waals surface area contributed by atoms with Crippen LogP contribution in [-0.4, -0.2) is 23.0 Å². The van der Waals surface area contributed by atoms with Gasteiger partial charge in [-0.05, 0) is 37.3 Å². The number of hydrogen-bond donors (Lipinski definition) is 2. The number of benzene rings is 2. The summed E-state index contributed by atoms with van der Waals surface area (Å²) in [5, 5.41) is 5.80. The van der Waals surface area contributed by atoms with Crippen LogP contribution in [0, 0.1) is 12.7 Å². The van der Waals surface area contributed by atoms with Crippen molar-refractivity contribution in [3.63, 3.8) is 0 Å². The van der Waals surface area contributed by atoms with Crippen molar-refractivity contribution in [3.05, 3.63) is 77.5 Å². The van der Waals surface area contributed by atoms with E-state index in [2.05, 4.69) is 20.6 Å². The minimum absolute atomic E-state index is 0.0792. The summed E-state index contributed by atoms with van der Waals surface area (Å²) in [5.74, 6) is 0.918. The summed E-state index contributed by atoms with van der Waals surface area (Å²) < 4.78 is 18.8. The van der Waals surface area contributed by atoms with Crippen LogP contribution >= 0.6 is 0 Å². The van der Waals surface area contributed by atoms with Crippen molar-refractivity contribution in [3.8, 4) is 5.75 Å². The first kappa shape index (κ1) is 18.3. The molecule has 0 fully saturated rings. The lowest BCUT2D eigenvalue weighted by molar-refractivity contribution is 0.0945. The summed E-state index contributed by atoms with van der Waals surface area (Å²) in [4.78, 5) is 20.9. The van der Waals surface area contributed by atoms with E-state index >= 15 is 0 Å². The Hall–Kier alpha value is -3.48. The number of aryl methyl sites for hydroxylation is 1. The number of amides is 1. The van der Waals surface area contributed by atoms with Gasteiger partial charge in [0.05, 0.1) is 7.11 Å². The van der Waals surface area contributed by atoms with Crippen LogP contribution < -0.4 is 15.4 Å². The van der Waals surface area contributed by atoms with Gasteiger partial charge in [0.1, 0.15) is 28.9 Å². The molecule has 2 aromatic carbocycles. The quantitative estimate of drug-likeness (QED) is 0.697. The van der Waals surface area contributed by atoms with E-state index in [1.54, 1.807) is 38.3 Å². The molecule has 0 aliphatic carbocycles. The zero-order valence-corrected chi connectivity index (χ0v) is 15.0. The predicted octanol–water partition coefficient (Wildman–Crippen LogP) is 3.61. The zero-order valence-electron chi connectivity index (χ0n) is 15.0. The second-order valence-corrected chi connectivity index (χ2v) is 5.81. The molecule has 0 radical (unpaired) electrons. The molecule has 0 saturated carbocycles. The molecule has 0 saturated heterocycles. The number of halogens is 1. The smallest absolute Gasteiger partial charge is 0.270 e. The number of hydrogen-bond acceptors (Lipinski definition) is 5. The van der Waals surface area contributed by atoms with E-state index in [0.29, 0.717) is 17.2 Å². The highest BCUT2D eigenvalue weighted by molar-refractivity contribution is 5.93. The number of rotatable bonds is 6. The molecular weight excluding hydrogens is 347 g/mol. The van der Waals surface area contributed by atoms with Gasteiger partial charge in [0.2, 0.25) is 0 Å². The van der Waals surface area contributed by atoms with Crippen LogP contribution in [0.15, 0.2) is 54.6 Å². The average molecular weight is 366 g/mol. The van der Waals surface area contributed by atoms with Crippen molar-refractivity contribution in [1.82, 2.24) is 15.3 Å². The highest BCUT2D eigenvalue weighted by atomic mass is 19.1. The Bertz CT molecular complexity index is 945. The van der Waals surface area contributed by atoms with Crippen molar-refractivity contribution in [2.75, 3.05) is 12.4 Å². The second-order valence-electron chi connectivity index (χ2n) is 5.81. The molecule has 0 aliphatic rings. The standard InChI is InChI=1S/C20H19FN4O2/c1-13-23-18(20(26)22-12-14-5-3-4-6-17(14)21)11-19(24-13)25-15-7-9-16(27-2)10-8-15/h3-11H,12H2,1-2H3,(H,22,26)(H,23,24,25). The van der Waals surface area contributed by atoms with E-state index in [-0.39, 0.29) is 18.1 Å². The monoisotopic (exact) mass is 366 g/mol. The van der Waals surface area contributed by atoms with E-state index in [1.165, 1.54) is 6.07 Å². The van der Waals surface area contributed by atoms with Gasteiger partial charge in [-0.2, -0.15) is 0 Å². The van der Waals surface area contributed by atoms with E-state index < -0.39 is 5.91 Å². The second kappa shape index (κ2) is 8.27. The van der Waals surface area contributed by atoms with Gasteiger partial charge in [-0.25, -0.2) is 14.4 Å². The number of aromatic nitrogens is 2.